The SMILES string of the molecule is O=S(=O)(NCC1CCCCS1)c1ccccc1CO. The number of hydrogen-bond acceptors (Lipinski definition) is 4. The highest BCUT2D eigenvalue weighted by Gasteiger charge is 2.20. The summed E-state index contributed by atoms with van der Waals surface area (Å²) in [6.07, 6.45) is 3.46. The van der Waals surface area contributed by atoms with E-state index in [1.54, 1.807) is 18.2 Å². The van der Waals surface area contributed by atoms with Gasteiger partial charge in [-0.05, 0) is 30.2 Å². The molecular weight excluding hydrogens is 282 g/mol. The molecule has 106 valence electrons. The molecule has 4 nitrogen and oxygen atoms in total. The molecule has 0 aliphatic carbocycles. The van der Waals surface area contributed by atoms with Gasteiger partial charge in [0.2, 0.25) is 10.0 Å². The quantitative estimate of drug-likeness (QED) is 0.869. The zero-order valence-electron chi connectivity index (χ0n) is 10.7. The normalized spacial score (nSPS) is 20.4. The van der Waals surface area contributed by atoms with Crippen molar-refractivity contribution in [2.24, 2.45) is 0 Å². The summed E-state index contributed by atoms with van der Waals surface area (Å²) in [5.74, 6) is 1.11. The number of rotatable bonds is 5. The second kappa shape index (κ2) is 6.74. The Morgan fingerprint density at radius 1 is 1.32 bits per heavy atom. The lowest BCUT2D eigenvalue weighted by molar-refractivity contribution is 0.278. The average molecular weight is 301 g/mol. The Hall–Kier alpha value is -0.560. The highest BCUT2D eigenvalue weighted by atomic mass is 32.2. The molecule has 1 atom stereocenters. The van der Waals surface area contributed by atoms with Crippen LogP contribution < -0.4 is 4.72 Å². The van der Waals surface area contributed by atoms with Crippen LogP contribution >= 0.6 is 11.8 Å². The second-order valence-electron chi connectivity index (χ2n) is 4.61. The van der Waals surface area contributed by atoms with E-state index in [4.69, 9.17) is 0 Å². The van der Waals surface area contributed by atoms with Crippen molar-refractivity contribution in [2.45, 2.75) is 36.0 Å². The van der Waals surface area contributed by atoms with Crippen molar-refractivity contribution in [1.29, 1.82) is 0 Å². The van der Waals surface area contributed by atoms with Crippen LogP contribution in [-0.4, -0.2) is 31.1 Å². The van der Waals surface area contributed by atoms with Gasteiger partial charge in [0.15, 0.2) is 0 Å². The first kappa shape index (κ1) is 14.8. The molecule has 1 aliphatic rings. The van der Waals surface area contributed by atoms with Crippen LogP contribution in [-0.2, 0) is 16.6 Å². The summed E-state index contributed by atoms with van der Waals surface area (Å²) in [5, 5.41) is 9.57. The van der Waals surface area contributed by atoms with Crippen molar-refractivity contribution in [1.82, 2.24) is 4.72 Å². The zero-order chi connectivity index (χ0) is 13.7. The first-order valence-corrected chi connectivity index (χ1v) is 8.97. The van der Waals surface area contributed by atoms with Gasteiger partial charge < -0.3 is 5.11 Å². The standard InChI is InChI=1S/C13H19NO3S2/c15-10-11-5-1-2-7-13(11)19(16,17)14-9-12-6-3-4-8-18-12/h1-2,5,7,12,14-15H,3-4,6,8-10H2. The Labute approximate surface area is 118 Å². The maximum absolute atomic E-state index is 12.2. The Morgan fingerprint density at radius 3 is 2.79 bits per heavy atom. The maximum Gasteiger partial charge on any atom is 0.240 e. The molecule has 0 spiro atoms. The van der Waals surface area contributed by atoms with Crippen molar-refractivity contribution in [2.75, 3.05) is 12.3 Å². The number of benzene rings is 1. The van der Waals surface area contributed by atoms with Crippen LogP contribution in [0.3, 0.4) is 0 Å². The van der Waals surface area contributed by atoms with E-state index in [0.29, 0.717) is 17.4 Å². The first-order chi connectivity index (χ1) is 9.13. The number of aliphatic hydroxyl groups excluding tert-OH is 1. The minimum Gasteiger partial charge on any atom is -0.392 e. The number of sulfonamides is 1. The third-order valence-electron chi connectivity index (χ3n) is 3.21. The summed E-state index contributed by atoms with van der Waals surface area (Å²) in [6.45, 7) is 0.196. The smallest absolute Gasteiger partial charge is 0.240 e. The van der Waals surface area contributed by atoms with Crippen molar-refractivity contribution < 1.29 is 13.5 Å². The van der Waals surface area contributed by atoms with Crippen molar-refractivity contribution in [3.63, 3.8) is 0 Å². The lowest BCUT2D eigenvalue weighted by Gasteiger charge is -2.21. The molecule has 2 N–H and O–H groups in total. The van der Waals surface area contributed by atoms with E-state index in [1.807, 2.05) is 11.8 Å². The van der Waals surface area contributed by atoms with E-state index >= 15 is 0 Å². The molecule has 1 fully saturated rings. The largest absolute Gasteiger partial charge is 0.392 e. The van der Waals surface area contributed by atoms with E-state index < -0.39 is 10.0 Å². The van der Waals surface area contributed by atoms with Gasteiger partial charge in [0.25, 0.3) is 0 Å². The van der Waals surface area contributed by atoms with Crippen LogP contribution in [0.15, 0.2) is 29.2 Å². The number of aliphatic hydroxyl groups is 1. The number of hydrogen-bond donors (Lipinski definition) is 2. The van der Waals surface area contributed by atoms with Gasteiger partial charge in [-0.15, -0.1) is 0 Å². The monoisotopic (exact) mass is 301 g/mol. The molecular formula is C13H19NO3S2. The third-order valence-corrected chi connectivity index (χ3v) is 6.13. The molecule has 1 unspecified atom stereocenters. The topological polar surface area (TPSA) is 66.4 Å². The summed E-state index contributed by atoms with van der Waals surface area (Å²) >= 11 is 1.83. The summed E-state index contributed by atoms with van der Waals surface area (Å²) in [5.41, 5.74) is 0.436. The lowest BCUT2D eigenvalue weighted by Crippen LogP contribution is -2.32. The maximum atomic E-state index is 12.2. The van der Waals surface area contributed by atoms with Gasteiger partial charge >= 0.3 is 0 Å². The summed E-state index contributed by atoms with van der Waals surface area (Å²) < 4.78 is 27.1. The molecule has 0 amide bonds. The van der Waals surface area contributed by atoms with Gasteiger partial charge in [0, 0.05) is 11.8 Å². The van der Waals surface area contributed by atoms with Crippen LogP contribution in [0.1, 0.15) is 24.8 Å². The third kappa shape index (κ3) is 3.95. The molecule has 1 heterocycles. The average Bonchev–Trinajstić information content (AvgIpc) is 2.46. The van der Waals surface area contributed by atoms with E-state index in [1.165, 1.54) is 18.9 Å². The van der Waals surface area contributed by atoms with E-state index in [9.17, 15) is 13.5 Å². The summed E-state index contributed by atoms with van der Waals surface area (Å²) in [6, 6.07) is 6.55. The van der Waals surface area contributed by atoms with Gasteiger partial charge in [-0.2, -0.15) is 11.8 Å². The molecule has 0 radical (unpaired) electrons. The van der Waals surface area contributed by atoms with Crippen LogP contribution in [0.25, 0.3) is 0 Å². The molecule has 6 heteroatoms. The van der Waals surface area contributed by atoms with Crippen LogP contribution in [0.4, 0.5) is 0 Å². The molecule has 1 saturated heterocycles. The van der Waals surface area contributed by atoms with Crippen molar-refractivity contribution in [3.05, 3.63) is 29.8 Å². The molecule has 19 heavy (non-hydrogen) atoms. The van der Waals surface area contributed by atoms with E-state index in [-0.39, 0.29) is 11.5 Å². The highest BCUT2D eigenvalue weighted by Crippen LogP contribution is 2.25. The molecule has 2 rings (SSSR count). The van der Waals surface area contributed by atoms with E-state index in [2.05, 4.69) is 4.72 Å². The fraction of sp³-hybridized carbons (Fsp3) is 0.538. The predicted molar refractivity (Wildman–Crippen MR) is 77.7 cm³/mol. The number of thioether (sulfide) groups is 1. The van der Waals surface area contributed by atoms with Gasteiger partial charge in [0.1, 0.15) is 0 Å². The van der Waals surface area contributed by atoms with Gasteiger partial charge in [-0.3, -0.25) is 0 Å². The molecule has 1 aromatic rings. The Morgan fingerprint density at radius 2 is 2.11 bits per heavy atom. The van der Waals surface area contributed by atoms with Gasteiger partial charge in [-0.1, -0.05) is 24.6 Å². The highest BCUT2D eigenvalue weighted by molar-refractivity contribution is 8.00. The van der Waals surface area contributed by atoms with Gasteiger partial charge in [-0.25, -0.2) is 13.1 Å². The predicted octanol–water partition coefficient (Wildman–Crippen LogP) is 1.74. The molecule has 1 aliphatic heterocycles. The Balaban J connectivity index is 2.05. The zero-order valence-corrected chi connectivity index (χ0v) is 12.3. The second-order valence-corrected chi connectivity index (χ2v) is 7.75. The minimum absolute atomic E-state index is 0.179. The molecule has 1 aromatic carbocycles. The molecule has 0 bridgehead atoms. The van der Waals surface area contributed by atoms with Crippen LogP contribution in [0.2, 0.25) is 0 Å². The van der Waals surface area contributed by atoms with Crippen molar-refractivity contribution in [3.8, 4) is 0 Å². The Bertz CT molecular complexity index is 510. The Kier molecular flexibility index (Phi) is 5.27. The molecule has 0 saturated carbocycles. The fourth-order valence-electron chi connectivity index (χ4n) is 2.15. The summed E-state index contributed by atoms with van der Waals surface area (Å²) in [7, 11) is -3.53. The van der Waals surface area contributed by atoms with E-state index in [0.717, 1.165) is 12.2 Å². The minimum atomic E-state index is -3.53. The summed E-state index contributed by atoms with van der Waals surface area (Å²) in [4.78, 5) is 0.179. The van der Waals surface area contributed by atoms with Crippen molar-refractivity contribution >= 4 is 21.8 Å². The fourth-order valence-corrected chi connectivity index (χ4v) is 4.80. The lowest BCUT2D eigenvalue weighted by atomic mass is 10.2. The van der Waals surface area contributed by atoms with Crippen LogP contribution in [0.5, 0.6) is 0 Å². The van der Waals surface area contributed by atoms with Crippen LogP contribution in [0, 0.1) is 0 Å². The number of nitrogens with one attached hydrogen (secondary N) is 1. The first-order valence-electron chi connectivity index (χ1n) is 6.43. The molecule has 0 aromatic heterocycles. The van der Waals surface area contributed by atoms with Gasteiger partial charge in [0.05, 0.1) is 11.5 Å².